The summed E-state index contributed by atoms with van der Waals surface area (Å²) < 4.78 is 5.21. The molecule has 2 rings (SSSR count). The first kappa shape index (κ1) is 11.4. The normalized spacial score (nSPS) is 12.5. The number of carboxylic acids is 2. The lowest BCUT2D eigenvalue weighted by Gasteiger charge is -2.25. The molecule has 0 atom stereocenters. The molecule has 0 aromatic heterocycles. The van der Waals surface area contributed by atoms with Crippen molar-refractivity contribution in [1.82, 2.24) is 0 Å². The molecule has 0 fully saturated rings. The Bertz CT molecular complexity index is 504. The van der Waals surface area contributed by atoms with E-state index in [9.17, 15) is 9.59 Å². The fraction of sp³-hybridized carbons (Fsp3) is 0.333. The number of carbonyl (C=O) groups is 2. The predicted molar refractivity (Wildman–Crippen MR) is 58.9 cm³/mol. The molecule has 1 aromatic rings. The van der Waals surface area contributed by atoms with E-state index < -0.39 is 11.9 Å². The van der Waals surface area contributed by atoms with E-state index in [-0.39, 0.29) is 16.9 Å². The Balaban J connectivity index is 2.64. The molecule has 2 N–H and O–H groups in total. The number of ether oxygens (including phenoxy) is 1. The van der Waals surface area contributed by atoms with Crippen molar-refractivity contribution >= 4 is 11.9 Å². The highest BCUT2D eigenvalue weighted by atomic mass is 16.5. The molecule has 1 aromatic carbocycles. The van der Waals surface area contributed by atoms with E-state index in [1.807, 2.05) is 0 Å². The molecule has 1 aliphatic carbocycles. The van der Waals surface area contributed by atoms with Gasteiger partial charge in [-0.15, -0.1) is 0 Å². The molecular weight excluding hydrogens is 224 g/mol. The van der Waals surface area contributed by atoms with Gasteiger partial charge in [-0.05, 0) is 37.0 Å². The second kappa shape index (κ2) is 4.08. The maximum atomic E-state index is 11.2. The SMILES string of the molecule is CCOc1cc(C(=O)O)c2c(c1C(=O)O)CC2. The van der Waals surface area contributed by atoms with Crippen molar-refractivity contribution in [2.75, 3.05) is 6.61 Å². The van der Waals surface area contributed by atoms with E-state index in [4.69, 9.17) is 14.9 Å². The minimum absolute atomic E-state index is 0.109. The highest BCUT2D eigenvalue weighted by molar-refractivity contribution is 5.98. The third kappa shape index (κ3) is 1.73. The fourth-order valence-electron chi connectivity index (χ4n) is 2.08. The summed E-state index contributed by atoms with van der Waals surface area (Å²) in [4.78, 5) is 22.2. The van der Waals surface area contributed by atoms with Gasteiger partial charge in [0, 0.05) is 0 Å². The number of hydrogen-bond acceptors (Lipinski definition) is 3. The average molecular weight is 236 g/mol. The van der Waals surface area contributed by atoms with E-state index in [2.05, 4.69) is 0 Å². The van der Waals surface area contributed by atoms with Crippen LogP contribution in [0, 0.1) is 0 Å². The van der Waals surface area contributed by atoms with Crippen LogP contribution in [0.2, 0.25) is 0 Å². The number of hydrogen-bond donors (Lipinski definition) is 2. The number of rotatable bonds is 4. The van der Waals surface area contributed by atoms with Crippen LogP contribution < -0.4 is 4.74 Å². The molecule has 0 spiro atoms. The molecular formula is C12H12O5. The van der Waals surface area contributed by atoms with E-state index in [1.165, 1.54) is 6.07 Å². The van der Waals surface area contributed by atoms with Gasteiger partial charge in [-0.2, -0.15) is 0 Å². The molecule has 0 bridgehead atoms. The zero-order chi connectivity index (χ0) is 12.6. The van der Waals surface area contributed by atoms with Gasteiger partial charge < -0.3 is 14.9 Å². The topological polar surface area (TPSA) is 83.8 Å². The molecule has 0 saturated heterocycles. The highest BCUT2D eigenvalue weighted by Gasteiger charge is 2.30. The van der Waals surface area contributed by atoms with Gasteiger partial charge in [0.25, 0.3) is 0 Å². The second-order valence-corrected chi connectivity index (χ2v) is 3.80. The molecule has 5 heteroatoms. The van der Waals surface area contributed by atoms with Crippen molar-refractivity contribution in [1.29, 1.82) is 0 Å². The summed E-state index contributed by atoms with van der Waals surface area (Å²) in [7, 11) is 0. The van der Waals surface area contributed by atoms with Gasteiger partial charge in [0.05, 0.1) is 12.2 Å². The predicted octanol–water partition coefficient (Wildman–Crippen LogP) is 1.58. The van der Waals surface area contributed by atoms with E-state index >= 15 is 0 Å². The van der Waals surface area contributed by atoms with Crippen LogP contribution in [0.3, 0.4) is 0 Å². The van der Waals surface area contributed by atoms with Crippen LogP contribution in [0.25, 0.3) is 0 Å². The second-order valence-electron chi connectivity index (χ2n) is 3.80. The van der Waals surface area contributed by atoms with Gasteiger partial charge in [0.15, 0.2) is 0 Å². The lowest BCUT2D eigenvalue weighted by Crippen LogP contribution is -2.21. The maximum Gasteiger partial charge on any atom is 0.339 e. The zero-order valence-electron chi connectivity index (χ0n) is 9.32. The van der Waals surface area contributed by atoms with Crippen LogP contribution in [0.15, 0.2) is 6.07 Å². The van der Waals surface area contributed by atoms with Gasteiger partial charge >= 0.3 is 11.9 Å². The molecule has 1 aliphatic rings. The van der Waals surface area contributed by atoms with E-state index in [1.54, 1.807) is 6.92 Å². The van der Waals surface area contributed by atoms with Gasteiger partial charge in [-0.3, -0.25) is 0 Å². The molecule has 0 amide bonds. The first-order valence-electron chi connectivity index (χ1n) is 5.34. The summed E-state index contributed by atoms with van der Waals surface area (Å²) in [6, 6.07) is 1.31. The Morgan fingerprint density at radius 2 is 1.88 bits per heavy atom. The number of fused-ring (bicyclic) bond motifs is 1. The first-order valence-corrected chi connectivity index (χ1v) is 5.34. The summed E-state index contributed by atoms with van der Waals surface area (Å²) in [5.41, 5.74) is 1.48. The molecule has 17 heavy (non-hydrogen) atoms. The van der Waals surface area contributed by atoms with Gasteiger partial charge in [-0.25, -0.2) is 9.59 Å². The molecule has 0 aliphatic heterocycles. The Morgan fingerprint density at radius 1 is 1.24 bits per heavy atom. The van der Waals surface area contributed by atoms with Crippen LogP contribution in [0.5, 0.6) is 5.75 Å². The monoisotopic (exact) mass is 236 g/mol. The van der Waals surface area contributed by atoms with Gasteiger partial charge in [0.1, 0.15) is 11.3 Å². The Kier molecular flexibility index (Phi) is 2.75. The fourth-order valence-corrected chi connectivity index (χ4v) is 2.08. The van der Waals surface area contributed by atoms with Gasteiger partial charge in [-0.1, -0.05) is 0 Å². The summed E-state index contributed by atoms with van der Waals surface area (Å²) in [6.45, 7) is 2.03. The summed E-state index contributed by atoms with van der Waals surface area (Å²) in [5, 5.41) is 18.2. The van der Waals surface area contributed by atoms with Crippen molar-refractivity contribution in [2.24, 2.45) is 0 Å². The summed E-state index contributed by atoms with van der Waals surface area (Å²) in [6.07, 6.45) is 1.21. The van der Waals surface area contributed by atoms with E-state index in [0.717, 1.165) is 0 Å². The van der Waals surface area contributed by atoms with Crippen LogP contribution >= 0.6 is 0 Å². The molecule has 5 nitrogen and oxygen atoms in total. The van der Waals surface area contributed by atoms with Crippen molar-refractivity contribution in [2.45, 2.75) is 19.8 Å². The maximum absolute atomic E-state index is 11.2. The molecule has 0 saturated carbocycles. The van der Waals surface area contributed by atoms with Crippen molar-refractivity contribution in [3.8, 4) is 5.75 Å². The minimum Gasteiger partial charge on any atom is -0.493 e. The zero-order valence-corrected chi connectivity index (χ0v) is 9.32. The molecule has 0 heterocycles. The largest absolute Gasteiger partial charge is 0.493 e. The van der Waals surface area contributed by atoms with Gasteiger partial charge in [0.2, 0.25) is 0 Å². The quantitative estimate of drug-likeness (QED) is 0.829. The Hall–Kier alpha value is -2.04. The van der Waals surface area contributed by atoms with Crippen molar-refractivity contribution in [3.63, 3.8) is 0 Å². The number of carboxylic acid groups (broad SMARTS) is 2. The molecule has 0 radical (unpaired) electrons. The van der Waals surface area contributed by atoms with Crippen LogP contribution in [0.4, 0.5) is 0 Å². The lowest BCUT2D eigenvalue weighted by molar-refractivity contribution is 0.0673. The van der Waals surface area contributed by atoms with E-state index in [0.29, 0.717) is 30.6 Å². The number of aromatic carboxylic acids is 2. The highest BCUT2D eigenvalue weighted by Crippen LogP contribution is 2.36. The average Bonchev–Trinajstić information content (AvgIpc) is 2.20. The smallest absolute Gasteiger partial charge is 0.339 e. The van der Waals surface area contributed by atoms with Crippen molar-refractivity contribution in [3.05, 3.63) is 28.3 Å². The number of benzene rings is 1. The van der Waals surface area contributed by atoms with Crippen LogP contribution in [-0.4, -0.2) is 28.8 Å². The lowest BCUT2D eigenvalue weighted by atomic mass is 9.81. The molecule has 90 valence electrons. The third-order valence-corrected chi connectivity index (χ3v) is 2.88. The standard InChI is InChI=1S/C12H12O5/c1-2-17-9-5-8(11(13)14)6-3-4-7(6)10(9)12(15)16/h5H,2-4H2,1H3,(H,13,14)(H,15,16). The van der Waals surface area contributed by atoms with Crippen LogP contribution in [-0.2, 0) is 12.8 Å². The third-order valence-electron chi connectivity index (χ3n) is 2.88. The summed E-state index contributed by atoms with van der Waals surface area (Å²) >= 11 is 0. The minimum atomic E-state index is -1.07. The Morgan fingerprint density at radius 3 is 2.29 bits per heavy atom. The Labute approximate surface area is 97.6 Å². The molecule has 0 unspecified atom stereocenters. The first-order chi connectivity index (χ1) is 8.06. The van der Waals surface area contributed by atoms with Crippen LogP contribution in [0.1, 0.15) is 38.8 Å². The summed E-state index contributed by atoms with van der Waals surface area (Å²) in [5.74, 6) is -1.96. The van der Waals surface area contributed by atoms with Crippen molar-refractivity contribution < 1.29 is 24.5 Å².